The number of hydrogen-bond acceptors (Lipinski definition) is 5. The highest BCUT2D eigenvalue weighted by Crippen LogP contribution is 2.27. The molecule has 8 nitrogen and oxygen atoms in total. The first kappa shape index (κ1) is 24.7. The number of amides is 2. The maximum Gasteiger partial charge on any atom is 0.254 e. The molecule has 9 heteroatoms. The van der Waals surface area contributed by atoms with E-state index in [1.54, 1.807) is 17.0 Å². The number of hydrogen-bond donors (Lipinski definition) is 1. The summed E-state index contributed by atoms with van der Waals surface area (Å²) < 4.78 is 32.8. The van der Waals surface area contributed by atoms with Crippen LogP contribution in [0.3, 0.4) is 0 Å². The van der Waals surface area contributed by atoms with Crippen molar-refractivity contribution in [3.63, 3.8) is 0 Å². The summed E-state index contributed by atoms with van der Waals surface area (Å²) in [5, 5.41) is 2.97. The molecular formula is C23H35N3O5S. The number of morpholine rings is 1. The molecule has 2 fully saturated rings. The van der Waals surface area contributed by atoms with E-state index in [4.69, 9.17) is 4.74 Å². The van der Waals surface area contributed by atoms with Crippen molar-refractivity contribution in [1.82, 2.24) is 14.5 Å². The van der Waals surface area contributed by atoms with Gasteiger partial charge in [0, 0.05) is 37.8 Å². The highest BCUT2D eigenvalue weighted by atomic mass is 32.2. The third kappa shape index (κ3) is 5.50. The Kier molecular flexibility index (Phi) is 8.30. The average Bonchev–Trinajstić information content (AvgIpc) is 2.79. The molecule has 0 radical (unpaired) electrons. The summed E-state index contributed by atoms with van der Waals surface area (Å²) in [7, 11) is -3.70. The van der Waals surface area contributed by atoms with Crippen molar-refractivity contribution in [2.75, 3.05) is 39.4 Å². The molecule has 0 bridgehead atoms. The van der Waals surface area contributed by atoms with E-state index in [9.17, 15) is 18.0 Å². The Bertz CT molecular complexity index is 928. The van der Waals surface area contributed by atoms with Gasteiger partial charge in [0.2, 0.25) is 15.9 Å². The van der Waals surface area contributed by atoms with Gasteiger partial charge in [-0.1, -0.05) is 19.4 Å². The molecule has 2 atom stereocenters. The van der Waals surface area contributed by atoms with Crippen LogP contribution in [-0.4, -0.2) is 74.9 Å². The second-order valence-corrected chi connectivity index (χ2v) is 10.7. The van der Waals surface area contributed by atoms with Crippen LogP contribution in [0.4, 0.5) is 0 Å². The highest BCUT2D eigenvalue weighted by Gasteiger charge is 2.34. The molecule has 32 heavy (non-hydrogen) atoms. The third-order valence-electron chi connectivity index (χ3n) is 6.39. The SMILES string of the molecule is CCCCNC(=O)C1CCC(C)N(C(=O)c2cc(S(=O)(=O)N3CCOCC3)ccc2C)C1. The standard InChI is InChI=1S/C23H35N3O5S/c1-4-5-10-24-22(27)19-8-7-18(3)26(16-19)23(28)21-15-20(9-6-17(21)2)32(29,30)25-11-13-31-14-12-25/h6,9,15,18-19H,4-5,7-8,10-14,16H2,1-3H3,(H,24,27). The Balaban J connectivity index is 1.79. The van der Waals surface area contributed by atoms with Gasteiger partial charge in [-0.3, -0.25) is 9.59 Å². The Morgan fingerprint density at radius 1 is 1.19 bits per heavy atom. The molecule has 178 valence electrons. The zero-order valence-electron chi connectivity index (χ0n) is 19.3. The van der Waals surface area contributed by atoms with Gasteiger partial charge in [-0.05, 0) is 50.8 Å². The summed E-state index contributed by atoms with van der Waals surface area (Å²) >= 11 is 0. The molecule has 2 aliphatic rings. The van der Waals surface area contributed by atoms with E-state index in [0.29, 0.717) is 45.0 Å². The quantitative estimate of drug-likeness (QED) is 0.623. The predicted octanol–water partition coefficient (Wildman–Crippen LogP) is 2.17. The summed E-state index contributed by atoms with van der Waals surface area (Å²) in [5.41, 5.74) is 1.09. The third-order valence-corrected chi connectivity index (χ3v) is 8.29. The van der Waals surface area contributed by atoms with E-state index in [-0.39, 0.29) is 28.7 Å². The minimum atomic E-state index is -3.70. The van der Waals surface area contributed by atoms with Crippen LogP contribution >= 0.6 is 0 Å². The second-order valence-electron chi connectivity index (χ2n) is 8.72. The number of nitrogens with one attached hydrogen (secondary N) is 1. The van der Waals surface area contributed by atoms with Crippen LogP contribution in [-0.2, 0) is 19.6 Å². The maximum absolute atomic E-state index is 13.5. The number of sulfonamides is 1. The lowest BCUT2D eigenvalue weighted by molar-refractivity contribution is -0.126. The van der Waals surface area contributed by atoms with Gasteiger partial charge in [0.1, 0.15) is 0 Å². The molecule has 0 spiro atoms. The van der Waals surface area contributed by atoms with E-state index < -0.39 is 10.0 Å². The fourth-order valence-corrected chi connectivity index (χ4v) is 5.65. The van der Waals surface area contributed by atoms with E-state index in [1.807, 2.05) is 13.8 Å². The van der Waals surface area contributed by atoms with Crippen molar-refractivity contribution in [3.8, 4) is 0 Å². The molecule has 1 aromatic carbocycles. The van der Waals surface area contributed by atoms with Gasteiger partial charge in [-0.15, -0.1) is 0 Å². The van der Waals surface area contributed by atoms with Crippen LogP contribution in [0, 0.1) is 12.8 Å². The highest BCUT2D eigenvalue weighted by molar-refractivity contribution is 7.89. The van der Waals surface area contributed by atoms with Crippen molar-refractivity contribution >= 4 is 21.8 Å². The van der Waals surface area contributed by atoms with Crippen LogP contribution in [0.25, 0.3) is 0 Å². The molecule has 2 aliphatic heterocycles. The van der Waals surface area contributed by atoms with Crippen LogP contribution < -0.4 is 5.32 Å². The van der Waals surface area contributed by atoms with Crippen LogP contribution in [0.1, 0.15) is 55.5 Å². The fraction of sp³-hybridized carbons (Fsp3) is 0.652. The summed E-state index contributed by atoms with van der Waals surface area (Å²) in [6.07, 6.45) is 3.42. The lowest BCUT2D eigenvalue weighted by atomic mass is 9.91. The Morgan fingerprint density at radius 3 is 2.59 bits per heavy atom. The van der Waals surface area contributed by atoms with Gasteiger partial charge in [0.25, 0.3) is 5.91 Å². The number of piperidine rings is 1. The second kappa shape index (κ2) is 10.8. The maximum atomic E-state index is 13.5. The summed E-state index contributed by atoms with van der Waals surface area (Å²) in [6, 6.07) is 4.71. The van der Waals surface area contributed by atoms with Crippen molar-refractivity contribution < 1.29 is 22.7 Å². The monoisotopic (exact) mass is 465 g/mol. The van der Waals surface area contributed by atoms with Gasteiger partial charge in [0.05, 0.1) is 24.0 Å². The van der Waals surface area contributed by atoms with Crippen LogP contribution in [0.5, 0.6) is 0 Å². The Morgan fingerprint density at radius 2 is 1.91 bits per heavy atom. The zero-order chi connectivity index (χ0) is 23.3. The number of carbonyl (C=O) groups is 2. The number of carbonyl (C=O) groups excluding carboxylic acids is 2. The van der Waals surface area contributed by atoms with E-state index >= 15 is 0 Å². The molecule has 0 saturated carbocycles. The first-order valence-electron chi connectivity index (χ1n) is 11.5. The predicted molar refractivity (Wildman–Crippen MR) is 122 cm³/mol. The number of benzene rings is 1. The molecule has 2 unspecified atom stereocenters. The number of unbranched alkanes of at least 4 members (excludes halogenated alkanes) is 1. The molecule has 2 heterocycles. The molecular weight excluding hydrogens is 430 g/mol. The van der Waals surface area contributed by atoms with Gasteiger partial charge in [-0.2, -0.15) is 4.31 Å². The van der Waals surface area contributed by atoms with E-state index in [0.717, 1.165) is 31.2 Å². The largest absolute Gasteiger partial charge is 0.379 e. The zero-order valence-corrected chi connectivity index (χ0v) is 20.1. The lowest BCUT2D eigenvalue weighted by Gasteiger charge is -2.38. The number of aryl methyl sites for hydroxylation is 1. The normalized spacial score (nSPS) is 22.5. The van der Waals surface area contributed by atoms with Crippen molar-refractivity contribution in [2.45, 2.75) is 57.4 Å². The van der Waals surface area contributed by atoms with Crippen molar-refractivity contribution in [2.24, 2.45) is 5.92 Å². The van der Waals surface area contributed by atoms with Crippen LogP contribution in [0.2, 0.25) is 0 Å². The summed E-state index contributed by atoms with van der Waals surface area (Å²) in [5.74, 6) is -0.476. The summed E-state index contributed by atoms with van der Waals surface area (Å²) in [4.78, 5) is 27.9. The van der Waals surface area contributed by atoms with Crippen molar-refractivity contribution in [1.29, 1.82) is 0 Å². The van der Waals surface area contributed by atoms with Gasteiger partial charge >= 0.3 is 0 Å². The molecule has 0 aromatic heterocycles. The number of likely N-dealkylation sites (tertiary alicyclic amines) is 1. The molecule has 2 saturated heterocycles. The first-order valence-corrected chi connectivity index (χ1v) is 13.0. The number of nitrogens with zero attached hydrogens (tertiary/aromatic N) is 2. The average molecular weight is 466 g/mol. The lowest BCUT2D eigenvalue weighted by Crippen LogP contribution is -2.49. The fourth-order valence-electron chi connectivity index (χ4n) is 4.22. The molecule has 0 aliphatic carbocycles. The van der Waals surface area contributed by atoms with E-state index in [1.165, 1.54) is 10.4 Å². The molecule has 3 rings (SSSR count). The number of rotatable bonds is 7. The Labute approximate surface area is 191 Å². The summed E-state index contributed by atoms with van der Waals surface area (Å²) in [6.45, 7) is 8.19. The molecule has 2 amide bonds. The topological polar surface area (TPSA) is 96.0 Å². The minimum absolute atomic E-state index is 0.0106. The minimum Gasteiger partial charge on any atom is -0.379 e. The Hall–Kier alpha value is -1.97. The van der Waals surface area contributed by atoms with Gasteiger partial charge < -0.3 is 15.0 Å². The van der Waals surface area contributed by atoms with Crippen LogP contribution in [0.15, 0.2) is 23.1 Å². The number of ether oxygens (including phenoxy) is 1. The van der Waals surface area contributed by atoms with Gasteiger partial charge in [0.15, 0.2) is 0 Å². The smallest absolute Gasteiger partial charge is 0.254 e. The van der Waals surface area contributed by atoms with E-state index in [2.05, 4.69) is 12.2 Å². The first-order chi connectivity index (χ1) is 15.3. The molecule has 1 N–H and O–H groups in total. The van der Waals surface area contributed by atoms with Crippen molar-refractivity contribution in [3.05, 3.63) is 29.3 Å². The van der Waals surface area contributed by atoms with Gasteiger partial charge in [-0.25, -0.2) is 8.42 Å². The molecule has 1 aromatic rings.